The Balaban J connectivity index is 1.45. The van der Waals surface area contributed by atoms with E-state index in [9.17, 15) is 4.79 Å². The smallest absolute Gasteiger partial charge is 0.255 e. The number of fused-ring (bicyclic) bond motifs is 1. The second kappa shape index (κ2) is 6.82. The fourth-order valence-corrected chi connectivity index (χ4v) is 4.58. The summed E-state index contributed by atoms with van der Waals surface area (Å²) in [5.74, 6) is 1.28. The number of aromatic nitrogens is 3. The van der Waals surface area contributed by atoms with Gasteiger partial charge in [-0.15, -0.1) is 0 Å². The van der Waals surface area contributed by atoms with E-state index in [1.165, 1.54) is 22.2 Å². The molecule has 28 heavy (non-hydrogen) atoms. The molecule has 3 aromatic rings. The van der Waals surface area contributed by atoms with E-state index in [2.05, 4.69) is 48.0 Å². The van der Waals surface area contributed by atoms with E-state index in [-0.39, 0.29) is 5.56 Å². The molecule has 0 fully saturated rings. The maximum absolute atomic E-state index is 13.2. The van der Waals surface area contributed by atoms with E-state index in [0.717, 1.165) is 55.8 Å². The van der Waals surface area contributed by atoms with Crippen molar-refractivity contribution in [3.05, 3.63) is 69.0 Å². The molecule has 0 N–H and O–H groups in total. The molecule has 5 heteroatoms. The first-order valence-electron chi connectivity index (χ1n) is 10.3. The van der Waals surface area contributed by atoms with Crippen molar-refractivity contribution in [2.24, 2.45) is 0 Å². The first-order chi connectivity index (χ1) is 13.6. The van der Waals surface area contributed by atoms with Gasteiger partial charge in [-0.1, -0.05) is 32.0 Å². The molecule has 0 atom stereocenters. The molecule has 0 saturated carbocycles. The highest BCUT2D eigenvalue weighted by atomic mass is 16.1. The van der Waals surface area contributed by atoms with Crippen molar-refractivity contribution in [3.8, 4) is 0 Å². The van der Waals surface area contributed by atoms with Crippen LogP contribution in [0.3, 0.4) is 0 Å². The number of hydrogen-bond donors (Lipinski definition) is 0. The number of hydrogen-bond acceptors (Lipinski definition) is 4. The summed E-state index contributed by atoms with van der Waals surface area (Å²) in [4.78, 5) is 24.8. The lowest BCUT2D eigenvalue weighted by atomic mass is 9.99. The van der Waals surface area contributed by atoms with Crippen LogP contribution in [0.25, 0.3) is 10.9 Å². The van der Waals surface area contributed by atoms with Gasteiger partial charge in [0.2, 0.25) is 0 Å². The lowest BCUT2D eigenvalue weighted by Crippen LogP contribution is -2.35. The van der Waals surface area contributed by atoms with Crippen LogP contribution in [0.4, 0.5) is 0 Å². The van der Waals surface area contributed by atoms with Crippen LogP contribution in [0, 0.1) is 0 Å². The molecule has 4 heterocycles. The Kier molecular flexibility index (Phi) is 4.27. The highest BCUT2D eigenvalue weighted by Gasteiger charge is 2.22. The molecular weight excluding hydrogens is 348 g/mol. The number of para-hydroxylation sites is 1. The van der Waals surface area contributed by atoms with Gasteiger partial charge in [0.05, 0.1) is 5.52 Å². The molecular formula is C23H26N4O. The number of benzene rings is 1. The summed E-state index contributed by atoms with van der Waals surface area (Å²) in [5.41, 5.74) is 5.88. The molecule has 0 radical (unpaired) electrons. The summed E-state index contributed by atoms with van der Waals surface area (Å²) in [6.45, 7) is 7.51. The van der Waals surface area contributed by atoms with E-state index < -0.39 is 0 Å². The van der Waals surface area contributed by atoms with Gasteiger partial charge in [0, 0.05) is 61.5 Å². The van der Waals surface area contributed by atoms with E-state index in [1.807, 2.05) is 10.8 Å². The van der Waals surface area contributed by atoms with Gasteiger partial charge < -0.3 is 4.57 Å². The lowest BCUT2D eigenvalue weighted by molar-refractivity contribution is 0.241. The number of aryl methyl sites for hydroxylation is 2. The molecule has 0 spiro atoms. The normalized spacial score (nSPS) is 16.5. The van der Waals surface area contributed by atoms with Gasteiger partial charge in [0.15, 0.2) is 0 Å². The summed E-state index contributed by atoms with van der Waals surface area (Å²) >= 11 is 0. The van der Waals surface area contributed by atoms with Crippen molar-refractivity contribution in [1.82, 2.24) is 19.4 Å². The Morgan fingerprint density at radius 2 is 2.04 bits per heavy atom. The first-order valence-corrected chi connectivity index (χ1v) is 10.3. The van der Waals surface area contributed by atoms with Crippen LogP contribution < -0.4 is 5.56 Å². The largest absolute Gasteiger partial charge is 0.308 e. The second-order valence-electron chi connectivity index (χ2n) is 8.40. The molecule has 0 amide bonds. The number of rotatable bonds is 3. The molecule has 144 valence electrons. The molecule has 5 rings (SSSR count). The second-order valence-corrected chi connectivity index (χ2v) is 8.40. The quantitative estimate of drug-likeness (QED) is 0.705. The SMILES string of the molecule is CC(C)c1ncc2c(n1)CCN(Cc1cc3cccc4c3n(c1=O)CCC4)C2. The van der Waals surface area contributed by atoms with E-state index in [1.54, 1.807) is 0 Å². The summed E-state index contributed by atoms with van der Waals surface area (Å²) in [5, 5.41) is 1.19. The van der Waals surface area contributed by atoms with Gasteiger partial charge in [-0.3, -0.25) is 9.69 Å². The average molecular weight is 374 g/mol. The highest BCUT2D eigenvalue weighted by Crippen LogP contribution is 2.25. The van der Waals surface area contributed by atoms with Gasteiger partial charge >= 0.3 is 0 Å². The van der Waals surface area contributed by atoms with E-state index >= 15 is 0 Å². The van der Waals surface area contributed by atoms with Crippen molar-refractivity contribution in [2.75, 3.05) is 6.54 Å². The zero-order chi connectivity index (χ0) is 19.3. The third kappa shape index (κ3) is 2.94. The van der Waals surface area contributed by atoms with Gasteiger partial charge in [-0.2, -0.15) is 0 Å². The summed E-state index contributed by atoms with van der Waals surface area (Å²) < 4.78 is 2.00. The summed E-state index contributed by atoms with van der Waals surface area (Å²) in [7, 11) is 0. The zero-order valence-electron chi connectivity index (χ0n) is 16.6. The fraction of sp³-hybridized carbons (Fsp3) is 0.435. The molecule has 1 aromatic carbocycles. The molecule has 5 nitrogen and oxygen atoms in total. The Labute approximate surface area is 165 Å². The predicted molar refractivity (Wildman–Crippen MR) is 110 cm³/mol. The third-order valence-electron chi connectivity index (χ3n) is 6.04. The monoisotopic (exact) mass is 374 g/mol. The molecule has 2 aliphatic rings. The van der Waals surface area contributed by atoms with Crippen LogP contribution in [0.1, 0.15) is 54.4 Å². The van der Waals surface area contributed by atoms with Crippen LogP contribution in [0.5, 0.6) is 0 Å². The highest BCUT2D eigenvalue weighted by molar-refractivity contribution is 5.83. The Morgan fingerprint density at radius 1 is 1.14 bits per heavy atom. The standard InChI is InChI=1S/C23H26N4O/c1-15(2)22-24-12-19-14-26(10-8-20(19)25-22)13-18-11-17-6-3-5-16-7-4-9-27(21(16)17)23(18)28/h3,5-6,11-12,15H,4,7-10,13-14H2,1-2H3. The first kappa shape index (κ1) is 17.6. The molecule has 0 aliphatic carbocycles. The maximum atomic E-state index is 13.2. The van der Waals surface area contributed by atoms with Crippen molar-refractivity contribution < 1.29 is 0 Å². The van der Waals surface area contributed by atoms with Crippen LogP contribution in [-0.4, -0.2) is 26.0 Å². The topological polar surface area (TPSA) is 51.0 Å². The summed E-state index contributed by atoms with van der Waals surface area (Å²) in [6, 6.07) is 8.51. The number of nitrogens with zero attached hydrogens (tertiary/aromatic N) is 4. The van der Waals surface area contributed by atoms with Crippen LogP contribution in [0.15, 0.2) is 35.3 Å². The maximum Gasteiger partial charge on any atom is 0.255 e. The van der Waals surface area contributed by atoms with Crippen LogP contribution >= 0.6 is 0 Å². The van der Waals surface area contributed by atoms with Crippen molar-refractivity contribution in [3.63, 3.8) is 0 Å². The van der Waals surface area contributed by atoms with Crippen LogP contribution in [-0.2, 0) is 32.5 Å². The van der Waals surface area contributed by atoms with E-state index in [4.69, 9.17) is 4.98 Å². The average Bonchev–Trinajstić information content (AvgIpc) is 2.71. The minimum atomic E-state index is 0.178. The zero-order valence-corrected chi connectivity index (χ0v) is 16.6. The minimum absolute atomic E-state index is 0.178. The molecule has 0 saturated heterocycles. The van der Waals surface area contributed by atoms with Crippen molar-refractivity contribution in [1.29, 1.82) is 0 Å². The number of pyridine rings is 1. The van der Waals surface area contributed by atoms with Gasteiger partial charge in [-0.25, -0.2) is 9.97 Å². The van der Waals surface area contributed by atoms with Crippen LogP contribution in [0.2, 0.25) is 0 Å². The van der Waals surface area contributed by atoms with Gasteiger partial charge in [0.1, 0.15) is 5.82 Å². The molecule has 2 aliphatic heterocycles. The Bertz CT molecular complexity index is 1120. The minimum Gasteiger partial charge on any atom is -0.308 e. The van der Waals surface area contributed by atoms with E-state index in [0.29, 0.717) is 12.5 Å². The summed E-state index contributed by atoms with van der Waals surface area (Å²) in [6.07, 6.45) is 5.01. The third-order valence-corrected chi connectivity index (χ3v) is 6.04. The molecule has 2 aromatic heterocycles. The molecule has 0 bridgehead atoms. The van der Waals surface area contributed by atoms with Gasteiger partial charge in [0.25, 0.3) is 5.56 Å². The fourth-order valence-electron chi connectivity index (χ4n) is 4.58. The molecule has 0 unspecified atom stereocenters. The van der Waals surface area contributed by atoms with Gasteiger partial charge in [-0.05, 0) is 29.9 Å². The van der Waals surface area contributed by atoms with Crippen molar-refractivity contribution in [2.45, 2.75) is 58.7 Å². The lowest BCUT2D eigenvalue weighted by Gasteiger charge is -2.29. The van der Waals surface area contributed by atoms with Crippen molar-refractivity contribution >= 4 is 10.9 Å². The Hall–Kier alpha value is -2.53. The Morgan fingerprint density at radius 3 is 2.89 bits per heavy atom. The predicted octanol–water partition coefficient (Wildman–Crippen LogP) is 3.42.